The molecular formula is C16H12ClFN2O2. The normalized spacial score (nSPS) is 9.91. The number of halogens is 2. The Bertz CT molecular complexity index is 743. The Kier molecular flexibility index (Phi) is 4.97. The minimum absolute atomic E-state index is 0.156. The first-order valence-electron chi connectivity index (χ1n) is 6.38. The van der Waals surface area contributed by atoms with Gasteiger partial charge in [-0.3, -0.25) is 4.79 Å². The first-order chi connectivity index (χ1) is 10.5. The summed E-state index contributed by atoms with van der Waals surface area (Å²) < 4.78 is 18.6. The standard InChI is InChI=1S/C16H12ClFN2O2/c1-11-7-12(17)5-6-15(11)22-9-16(21)20(10-19)14-4-2-3-13(18)8-14/h2-8H,9H2,1H3. The van der Waals surface area contributed by atoms with Crippen LogP contribution in [0.2, 0.25) is 5.02 Å². The summed E-state index contributed by atoms with van der Waals surface area (Å²) in [7, 11) is 0. The number of hydrogen-bond acceptors (Lipinski definition) is 3. The maximum absolute atomic E-state index is 13.2. The molecule has 2 aromatic rings. The van der Waals surface area contributed by atoms with Crippen LogP contribution < -0.4 is 9.64 Å². The zero-order valence-corrected chi connectivity index (χ0v) is 12.5. The van der Waals surface area contributed by atoms with E-state index in [2.05, 4.69) is 0 Å². The van der Waals surface area contributed by atoms with E-state index in [1.165, 1.54) is 18.2 Å². The van der Waals surface area contributed by atoms with E-state index >= 15 is 0 Å². The number of aryl methyl sites for hydroxylation is 1. The minimum atomic E-state index is -0.595. The fourth-order valence-corrected chi connectivity index (χ4v) is 2.08. The predicted molar refractivity (Wildman–Crippen MR) is 81.2 cm³/mol. The molecule has 0 bridgehead atoms. The SMILES string of the molecule is Cc1cc(Cl)ccc1OCC(=O)N(C#N)c1cccc(F)c1. The predicted octanol–water partition coefficient (Wildman–Crippen LogP) is 3.68. The van der Waals surface area contributed by atoms with Crippen molar-refractivity contribution in [2.45, 2.75) is 6.92 Å². The number of hydrogen-bond donors (Lipinski definition) is 0. The molecule has 0 aliphatic rings. The van der Waals surface area contributed by atoms with E-state index in [1.807, 2.05) is 0 Å². The highest BCUT2D eigenvalue weighted by Gasteiger charge is 2.17. The lowest BCUT2D eigenvalue weighted by atomic mass is 10.2. The summed E-state index contributed by atoms with van der Waals surface area (Å²) in [6, 6.07) is 10.2. The summed E-state index contributed by atoms with van der Waals surface area (Å²) in [6.45, 7) is 1.45. The molecule has 0 fully saturated rings. The van der Waals surface area contributed by atoms with Crippen molar-refractivity contribution in [1.82, 2.24) is 0 Å². The van der Waals surface area contributed by atoms with Crippen LogP contribution >= 0.6 is 11.6 Å². The second-order valence-corrected chi connectivity index (χ2v) is 4.94. The van der Waals surface area contributed by atoms with Crippen LogP contribution in [0.4, 0.5) is 10.1 Å². The molecule has 2 rings (SSSR count). The van der Waals surface area contributed by atoms with Gasteiger partial charge in [-0.15, -0.1) is 0 Å². The number of nitrogens with zero attached hydrogens (tertiary/aromatic N) is 2. The quantitative estimate of drug-likeness (QED) is 0.638. The van der Waals surface area contributed by atoms with Crippen molar-refractivity contribution in [3.8, 4) is 11.9 Å². The van der Waals surface area contributed by atoms with Gasteiger partial charge < -0.3 is 4.74 Å². The van der Waals surface area contributed by atoms with Crippen LogP contribution in [-0.2, 0) is 4.79 Å². The molecule has 0 N–H and O–H groups in total. The van der Waals surface area contributed by atoms with Crippen molar-refractivity contribution in [2.24, 2.45) is 0 Å². The van der Waals surface area contributed by atoms with Crippen molar-refractivity contribution in [2.75, 3.05) is 11.5 Å². The molecule has 22 heavy (non-hydrogen) atoms. The fraction of sp³-hybridized carbons (Fsp3) is 0.125. The smallest absolute Gasteiger partial charge is 0.278 e. The molecule has 4 nitrogen and oxygen atoms in total. The lowest BCUT2D eigenvalue weighted by molar-refractivity contribution is -0.119. The molecule has 0 aromatic heterocycles. The van der Waals surface area contributed by atoms with Gasteiger partial charge >= 0.3 is 0 Å². The number of anilines is 1. The van der Waals surface area contributed by atoms with Gasteiger partial charge in [-0.1, -0.05) is 17.7 Å². The summed E-state index contributed by atoms with van der Waals surface area (Å²) >= 11 is 5.84. The number of rotatable bonds is 4. The van der Waals surface area contributed by atoms with E-state index < -0.39 is 11.7 Å². The number of amides is 1. The van der Waals surface area contributed by atoms with Gasteiger partial charge in [0.2, 0.25) is 0 Å². The van der Waals surface area contributed by atoms with Gasteiger partial charge in [0, 0.05) is 5.02 Å². The molecule has 0 unspecified atom stereocenters. The average molecular weight is 319 g/mol. The molecule has 0 spiro atoms. The zero-order valence-electron chi connectivity index (χ0n) is 11.7. The summed E-state index contributed by atoms with van der Waals surface area (Å²) in [5.41, 5.74) is 0.929. The number of carbonyl (C=O) groups excluding carboxylic acids is 1. The molecular weight excluding hydrogens is 307 g/mol. The van der Waals surface area contributed by atoms with Crippen molar-refractivity contribution in [3.05, 3.63) is 58.9 Å². The van der Waals surface area contributed by atoms with Gasteiger partial charge in [-0.05, 0) is 48.9 Å². The van der Waals surface area contributed by atoms with Crippen LogP contribution in [0.3, 0.4) is 0 Å². The minimum Gasteiger partial charge on any atom is -0.483 e. The molecule has 1 amide bonds. The van der Waals surface area contributed by atoms with Crippen molar-refractivity contribution in [3.63, 3.8) is 0 Å². The Balaban J connectivity index is 2.09. The third kappa shape index (κ3) is 3.74. The van der Waals surface area contributed by atoms with Gasteiger partial charge in [-0.25, -0.2) is 9.29 Å². The third-order valence-corrected chi connectivity index (χ3v) is 3.14. The molecule has 0 aliphatic carbocycles. The van der Waals surface area contributed by atoms with E-state index in [1.54, 1.807) is 31.3 Å². The van der Waals surface area contributed by atoms with E-state index in [-0.39, 0.29) is 12.3 Å². The fourth-order valence-electron chi connectivity index (χ4n) is 1.85. The average Bonchev–Trinajstić information content (AvgIpc) is 2.47. The summed E-state index contributed by atoms with van der Waals surface area (Å²) in [5, 5.41) is 9.65. The molecule has 112 valence electrons. The lowest BCUT2D eigenvalue weighted by Gasteiger charge is -2.15. The molecule has 0 saturated carbocycles. The Labute approximate surface area is 132 Å². The molecule has 6 heteroatoms. The molecule has 0 aliphatic heterocycles. The number of nitriles is 1. The Morgan fingerprint density at radius 1 is 1.36 bits per heavy atom. The van der Waals surface area contributed by atoms with Gasteiger partial charge in [0.1, 0.15) is 11.6 Å². The van der Waals surface area contributed by atoms with Crippen LogP contribution in [0.1, 0.15) is 5.56 Å². The summed E-state index contributed by atoms with van der Waals surface area (Å²) in [6.07, 6.45) is 1.72. The molecule has 0 heterocycles. The van der Waals surface area contributed by atoms with E-state index in [0.29, 0.717) is 10.8 Å². The highest BCUT2D eigenvalue weighted by Crippen LogP contribution is 2.22. The summed E-state index contributed by atoms with van der Waals surface area (Å²) in [5.74, 6) is -0.627. The van der Waals surface area contributed by atoms with E-state index in [9.17, 15) is 9.18 Å². The first-order valence-corrected chi connectivity index (χ1v) is 6.76. The first kappa shape index (κ1) is 15.8. The maximum atomic E-state index is 13.2. The van der Waals surface area contributed by atoms with Crippen LogP contribution in [0, 0.1) is 24.2 Å². The highest BCUT2D eigenvalue weighted by molar-refractivity contribution is 6.30. The molecule has 0 saturated heterocycles. The van der Waals surface area contributed by atoms with Crippen LogP contribution in [0.15, 0.2) is 42.5 Å². The van der Waals surface area contributed by atoms with Gasteiger partial charge in [0.25, 0.3) is 5.91 Å². The molecule has 2 aromatic carbocycles. The molecule has 0 atom stereocenters. The van der Waals surface area contributed by atoms with Gasteiger partial charge in [0.05, 0.1) is 5.69 Å². The van der Waals surface area contributed by atoms with Gasteiger partial charge in [-0.2, -0.15) is 5.26 Å². The van der Waals surface area contributed by atoms with Crippen molar-refractivity contribution in [1.29, 1.82) is 5.26 Å². The van der Waals surface area contributed by atoms with E-state index in [0.717, 1.165) is 16.5 Å². The largest absolute Gasteiger partial charge is 0.483 e. The Morgan fingerprint density at radius 3 is 2.77 bits per heavy atom. The Morgan fingerprint density at radius 2 is 2.14 bits per heavy atom. The topological polar surface area (TPSA) is 53.3 Å². The van der Waals surface area contributed by atoms with E-state index in [4.69, 9.17) is 21.6 Å². The monoisotopic (exact) mass is 318 g/mol. The number of carbonyl (C=O) groups is 1. The lowest BCUT2D eigenvalue weighted by Crippen LogP contribution is -2.30. The van der Waals surface area contributed by atoms with Crippen LogP contribution in [0.25, 0.3) is 0 Å². The molecule has 0 radical (unpaired) electrons. The van der Waals surface area contributed by atoms with Crippen LogP contribution in [-0.4, -0.2) is 12.5 Å². The highest BCUT2D eigenvalue weighted by atomic mass is 35.5. The maximum Gasteiger partial charge on any atom is 0.278 e. The zero-order chi connectivity index (χ0) is 16.1. The summed E-state index contributed by atoms with van der Waals surface area (Å²) in [4.78, 5) is 12.9. The van der Waals surface area contributed by atoms with Crippen molar-refractivity contribution >= 4 is 23.2 Å². The van der Waals surface area contributed by atoms with Crippen molar-refractivity contribution < 1.29 is 13.9 Å². The number of benzene rings is 2. The second kappa shape index (κ2) is 6.92. The number of ether oxygens (including phenoxy) is 1. The Hall–Kier alpha value is -2.58. The van der Waals surface area contributed by atoms with Gasteiger partial charge in [0.15, 0.2) is 12.8 Å². The second-order valence-electron chi connectivity index (χ2n) is 4.51. The van der Waals surface area contributed by atoms with Crippen LogP contribution in [0.5, 0.6) is 5.75 Å². The third-order valence-electron chi connectivity index (χ3n) is 2.90.